The van der Waals surface area contributed by atoms with E-state index in [1.807, 2.05) is 25.6 Å². The van der Waals surface area contributed by atoms with Crippen molar-refractivity contribution in [2.75, 3.05) is 18.9 Å². The summed E-state index contributed by atoms with van der Waals surface area (Å²) < 4.78 is 1.88. The molecule has 0 aromatic carbocycles. The Morgan fingerprint density at radius 3 is 2.87 bits per heavy atom. The van der Waals surface area contributed by atoms with Crippen LogP contribution in [0.15, 0.2) is 11.1 Å². The first-order chi connectivity index (χ1) is 7.17. The van der Waals surface area contributed by atoms with Crippen LogP contribution < -0.4 is 5.32 Å². The van der Waals surface area contributed by atoms with E-state index in [-0.39, 0.29) is 12.6 Å². The zero-order valence-electron chi connectivity index (χ0n) is 9.53. The van der Waals surface area contributed by atoms with Gasteiger partial charge in [-0.1, -0.05) is 6.92 Å². The number of rotatable bonds is 6. The lowest BCUT2D eigenvalue weighted by atomic mass is 10.4. The summed E-state index contributed by atoms with van der Waals surface area (Å²) in [6.45, 7) is 5.09. The number of thioether (sulfide) groups is 1. The molecule has 15 heavy (non-hydrogen) atoms. The van der Waals surface area contributed by atoms with Gasteiger partial charge in [0.1, 0.15) is 0 Å². The molecule has 0 saturated heterocycles. The Labute approximate surface area is 95.1 Å². The molecule has 0 aliphatic rings. The van der Waals surface area contributed by atoms with Crippen LogP contribution in [0, 0.1) is 6.92 Å². The minimum absolute atomic E-state index is 0.162. The lowest BCUT2D eigenvalue weighted by Crippen LogP contribution is -2.34. The van der Waals surface area contributed by atoms with Gasteiger partial charge < -0.3 is 10.4 Å². The third-order valence-electron chi connectivity index (χ3n) is 2.10. The smallest absolute Gasteiger partial charge is 0.0939 e. The molecule has 0 spiro atoms. The minimum Gasteiger partial charge on any atom is -0.395 e. The molecule has 1 aromatic rings. The third kappa shape index (κ3) is 3.85. The third-order valence-corrected chi connectivity index (χ3v) is 3.35. The average Bonchev–Trinajstić information content (AvgIpc) is 2.52. The highest BCUT2D eigenvalue weighted by Gasteiger charge is 2.08. The minimum atomic E-state index is 0.162. The molecule has 1 atom stereocenters. The molecule has 4 nitrogen and oxygen atoms in total. The van der Waals surface area contributed by atoms with E-state index in [2.05, 4.69) is 16.5 Å². The molecular formula is C10H19N3OS. The number of likely N-dealkylation sites (N-methyl/N-ethyl adjacent to an activating group) is 1. The molecule has 0 amide bonds. The zero-order chi connectivity index (χ0) is 11.3. The van der Waals surface area contributed by atoms with Crippen LogP contribution in [-0.2, 0) is 7.05 Å². The standard InChI is InChI=1S/C10H19N3OS/c1-4-11-9(6-14)7-15-10-5-8(2)12-13(10)3/h5,9,11,14H,4,6-7H2,1-3H3. The second-order valence-corrected chi connectivity index (χ2v) is 4.54. The van der Waals surface area contributed by atoms with E-state index in [0.717, 1.165) is 23.0 Å². The molecule has 0 saturated carbocycles. The summed E-state index contributed by atoms with van der Waals surface area (Å²) in [7, 11) is 1.94. The van der Waals surface area contributed by atoms with Gasteiger partial charge in [-0.3, -0.25) is 4.68 Å². The molecule has 86 valence electrons. The number of hydrogen-bond acceptors (Lipinski definition) is 4. The molecule has 0 bridgehead atoms. The molecule has 1 rings (SSSR count). The Morgan fingerprint density at radius 1 is 1.67 bits per heavy atom. The van der Waals surface area contributed by atoms with E-state index in [0.29, 0.717) is 0 Å². The summed E-state index contributed by atoms with van der Waals surface area (Å²) in [5.74, 6) is 0.864. The van der Waals surface area contributed by atoms with Gasteiger partial charge in [0.05, 0.1) is 17.3 Å². The van der Waals surface area contributed by atoms with Crippen molar-refractivity contribution >= 4 is 11.8 Å². The zero-order valence-corrected chi connectivity index (χ0v) is 10.3. The SMILES string of the molecule is CCNC(CO)CSc1cc(C)nn1C. The lowest BCUT2D eigenvalue weighted by Gasteiger charge is -2.13. The fourth-order valence-corrected chi connectivity index (χ4v) is 2.45. The maximum absolute atomic E-state index is 9.11. The van der Waals surface area contributed by atoms with Crippen LogP contribution in [0.5, 0.6) is 0 Å². The van der Waals surface area contributed by atoms with Crippen molar-refractivity contribution in [3.63, 3.8) is 0 Å². The highest BCUT2D eigenvalue weighted by atomic mass is 32.2. The topological polar surface area (TPSA) is 50.1 Å². The maximum Gasteiger partial charge on any atom is 0.0939 e. The highest BCUT2D eigenvalue weighted by Crippen LogP contribution is 2.18. The quantitative estimate of drug-likeness (QED) is 0.708. The number of nitrogens with one attached hydrogen (secondary N) is 1. The first kappa shape index (κ1) is 12.5. The molecule has 1 heterocycles. The Morgan fingerprint density at radius 2 is 2.40 bits per heavy atom. The number of hydrogen-bond donors (Lipinski definition) is 2. The number of aryl methyl sites for hydroxylation is 2. The van der Waals surface area contributed by atoms with Gasteiger partial charge in [0.2, 0.25) is 0 Å². The monoisotopic (exact) mass is 229 g/mol. The van der Waals surface area contributed by atoms with Gasteiger partial charge in [-0.25, -0.2) is 0 Å². The highest BCUT2D eigenvalue weighted by molar-refractivity contribution is 7.99. The first-order valence-electron chi connectivity index (χ1n) is 5.15. The summed E-state index contributed by atoms with van der Waals surface area (Å²) in [5, 5.41) is 17.8. The lowest BCUT2D eigenvalue weighted by molar-refractivity contribution is 0.255. The molecule has 5 heteroatoms. The fourth-order valence-electron chi connectivity index (χ4n) is 1.37. The van der Waals surface area contributed by atoms with Gasteiger partial charge in [0.15, 0.2) is 0 Å². The molecule has 1 aromatic heterocycles. The Bertz CT molecular complexity index is 301. The summed E-state index contributed by atoms with van der Waals surface area (Å²) in [4.78, 5) is 0. The van der Waals surface area contributed by atoms with Crippen LogP contribution in [0.3, 0.4) is 0 Å². The summed E-state index contributed by atoms with van der Waals surface area (Å²) in [5.41, 5.74) is 1.03. The predicted octanol–water partition coefficient (Wildman–Crippen LogP) is 0.791. The van der Waals surface area contributed by atoms with Crippen molar-refractivity contribution in [1.82, 2.24) is 15.1 Å². The van der Waals surface area contributed by atoms with Gasteiger partial charge >= 0.3 is 0 Å². The van der Waals surface area contributed by atoms with E-state index < -0.39 is 0 Å². The molecule has 2 N–H and O–H groups in total. The normalized spacial score (nSPS) is 13.1. The van der Waals surface area contributed by atoms with E-state index in [4.69, 9.17) is 5.11 Å². The fraction of sp³-hybridized carbons (Fsp3) is 0.700. The molecule has 0 aliphatic heterocycles. The van der Waals surface area contributed by atoms with E-state index >= 15 is 0 Å². The van der Waals surface area contributed by atoms with Gasteiger partial charge in [0, 0.05) is 18.8 Å². The van der Waals surface area contributed by atoms with Crippen LogP contribution in [-0.4, -0.2) is 39.8 Å². The van der Waals surface area contributed by atoms with Crippen molar-refractivity contribution < 1.29 is 5.11 Å². The number of aliphatic hydroxyl groups excluding tert-OH is 1. The molecule has 0 aliphatic carbocycles. The maximum atomic E-state index is 9.11. The molecule has 0 radical (unpaired) electrons. The van der Waals surface area contributed by atoms with Crippen molar-refractivity contribution in [1.29, 1.82) is 0 Å². The number of nitrogens with zero attached hydrogens (tertiary/aromatic N) is 2. The summed E-state index contributed by atoms with van der Waals surface area (Å²) in [6.07, 6.45) is 0. The predicted molar refractivity (Wildman–Crippen MR) is 63.2 cm³/mol. The number of aromatic nitrogens is 2. The summed E-state index contributed by atoms with van der Waals surface area (Å²) in [6, 6.07) is 2.22. The molecule has 0 fully saturated rings. The van der Waals surface area contributed by atoms with Crippen LogP contribution in [0.1, 0.15) is 12.6 Å². The van der Waals surface area contributed by atoms with E-state index in [1.54, 1.807) is 11.8 Å². The van der Waals surface area contributed by atoms with Crippen molar-refractivity contribution in [3.05, 3.63) is 11.8 Å². The van der Waals surface area contributed by atoms with Crippen LogP contribution >= 0.6 is 11.8 Å². The Balaban J connectivity index is 2.44. The van der Waals surface area contributed by atoms with Gasteiger partial charge in [-0.15, -0.1) is 11.8 Å². The van der Waals surface area contributed by atoms with Crippen LogP contribution in [0.2, 0.25) is 0 Å². The van der Waals surface area contributed by atoms with Crippen molar-refractivity contribution in [2.24, 2.45) is 7.05 Å². The average molecular weight is 229 g/mol. The van der Waals surface area contributed by atoms with Gasteiger partial charge in [-0.05, 0) is 19.5 Å². The van der Waals surface area contributed by atoms with Crippen molar-refractivity contribution in [3.8, 4) is 0 Å². The van der Waals surface area contributed by atoms with E-state index in [1.165, 1.54) is 0 Å². The summed E-state index contributed by atoms with van der Waals surface area (Å²) >= 11 is 1.72. The Kier molecular flexibility index (Phi) is 5.14. The van der Waals surface area contributed by atoms with Crippen LogP contribution in [0.4, 0.5) is 0 Å². The van der Waals surface area contributed by atoms with Crippen molar-refractivity contribution in [2.45, 2.75) is 24.9 Å². The molecule has 1 unspecified atom stereocenters. The second kappa shape index (κ2) is 6.15. The van der Waals surface area contributed by atoms with E-state index in [9.17, 15) is 0 Å². The van der Waals surface area contributed by atoms with Gasteiger partial charge in [0.25, 0.3) is 0 Å². The van der Waals surface area contributed by atoms with Crippen LogP contribution in [0.25, 0.3) is 0 Å². The first-order valence-corrected chi connectivity index (χ1v) is 6.13. The Hall–Kier alpha value is -0.520. The second-order valence-electron chi connectivity index (χ2n) is 3.50. The molecular weight excluding hydrogens is 210 g/mol. The largest absolute Gasteiger partial charge is 0.395 e. The van der Waals surface area contributed by atoms with Gasteiger partial charge in [-0.2, -0.15) is 5.10 Å². The number of aliphatic hydroxyl groups is 1.